The number of nitrogens with one attached hydrogen (secondary N) is 2. The van der Waals surface area contributed by atoms with Crippen LogP contribution in [-0.4, -0.2) is 31.3 Å². The zero-order valence-corrected chi connectivity index (χ0v) is 18.7. The molecule has 0 bridgehead atoms. The van der Waals surface area contributed by atoms with Gasteiger partial charge >= 0.3 is 6.03 Å². The zero-order valence-electron chi connectivity index (χ0n) is 17.9. The van der Waals surface area contributed by atoms with Gasteiger partial charge in [0.15, 0.2) is 11.6 Å². The molecule has 3 aromatic carbocycles. The first-order valence-corrected chi connectivity index (χ1v) is 10.8. The van der Waals surface area contributed by atoms with E-state index in [0.717, 1.165) is 6.07 Å². The molecule has 35 heavy (non-hydrogen) atoms. The van der Waals surface area contributed by atoms with E-state index < -0.39 is 11.8 Å². The van der Waals surface area contributed by atoms with Crippen molar-refractivity contribution in [1.29, 1.82) is 0 Å². The maximum atomic E-state index is 13.6. The zero-order chi connectivity index (χ0) is 24.4. The largest absolute Gasteiger partial charge is 0.323 e. The maximum absolute atomic E-state index is 13.6. The summed E-state index contributed by atoms with van der Waals surface area (Å²) < 4.78 is 15.3. The van der Waals surface area contributed by atoms with Gasteiger partial charge < -0.3 is 10.6 Å². The number of fused-ring (bicyclic) bond motifs is 1. The Balaban J connectivity index is 1.35. The molecule has 0 fully saturated rings. The number of hydrogen-bond donors (Lipinski definition) is 2. The van der Waals surface area contributed by atoms with Crippen molar-refractivity contribution in [3.05, 3.63) is 108 Å². The number of imidazole rings is 1. The van der Waals surface area contributed by atoms with Crippen LogP contribution in [-0.2, 0) is 0 Å². The Labute approximate surface area is 203 Å². The van der Waals surface area contributed by atoms with Gasteiger partial charge in [0.1, 0.15) is 12.1 Å². The van der Waals surface area contributed by atoms with Crippen molar-refractivity contribution >= 4 is 45.8 Å². The van der Waals surface area contributed by atoms with Gasteiger partial charge in [-0.1, -0.05) is 23.7 Å². The maximum Gasteiger partial charge on any atom is 0.323 e. The normalized spacial score (nSPS) is 10.8. The van der Waals surface area contributed by atoms with Gasteiger partial charge in [0.05, 0.1) is 22.3 Å². The number of amides is 2. The van der Waals surface area contributed by atoms with Crippen molar-refractivity contribution in [3.8, 4) is 5.82 Å². The highest BCUT2D eigenvalue weighted by Crippen LogP contribution is 2.21. The fourth-order valence-electron chi connectivity index (χ4n) is 3.43. The second-order valence-corrected chi connectivity index (χ2v) is 7.93. The topological polar surface area (TPSA) is 102 Å². The summed E-state index contributed by atoms with van der Waals surface area (Å²) in [6, 6.07) is 14.9. The van der Waals surface area contributed by atoms with Gasteiger partial charge in [0.25, 0.3) is 0 Å². The number of halogens is 2. The first kappa shape index (κ1) is 22.2. The average Bonchev–Trinajstić information content (AvgIpc) is 3.40. The van der Waals surface area contributed by atoms with Crippen LogP contribution < -0.4 is 10.6 Å². The van der Waals surface area contributed by atoms with E-state index in [2.05, 4.69) is 25.6 Å². The number of anilines is 2. The van der Waals surface area contributed by atoms with Crippen LogP contribution in [0.4, 0.5) is 20.6 Å². The molecule has 5 aromatic rings. The lowest BCUT2D eigenvalue weighted by molar-refractivity contribution is 0.103. The summed E-state index contributed by atoms with van der Waals surface area (Å²) in [5.41, 5.74) is 2.64. The summed E-state index contributed by atoms with van der Waals surface area (Å²) in [6.07, 6.45) is 6.64. The molecule has 8 nitrogen and oxygen atoms in total. The predicted octanol–water partition coefficient (Wildman–Crippen LogP) is 5.48. The molecule has 0 saturated heterocycles. The average molecular weight is 487 g/mol. The summed E-state index contributed by atoms with van der Waals surface area (Å²) in [5, 5.41) is 5.11. The number of nitrogens with zero attached hydrogens (tertiary/aromatic N) is 4. The van der Waals surface area contributed by atoms with E-state index in [1.165, 1.54) is 12.1 Å². The molecule has 0 atom stereocenters. The van der Waals surface area contributed by atoms with E-state index in [1.807, 2.05) is 0 Å². The molecule has 0 saturated carbocycles. The molecule has 10 heteroatoms. The highest BCUT2D eigenvalue weighted by atomic mass is 35.5. The third kappa shape index (κ3) is 4.85. The monoisotopic (exact) mass is 486 g/mol. The number of carbonyl (C=O) groups is 2. The summed E-state index contributed by atoms with van der Waals surface area (Å²) in [4.78, 5) is 38.4. The summed E-state index contributed by atoms with van der Waals surface area (Å²) >= 11 is 5.66. The molecule has 5 rings (SSSR count). The Bertz CT molecular complexity index is 1570. The molecule has 2 heterocycles. The van der Waals surface area contributed by atoms with Crippen LogP contribution in [0.25, 0.3) is 16.9 Å². The number of aromatic nitrogens is 4. The number of ketones is 1. The molecule has 2 amide bonds. The highest BCUT2D eigenvalue weighted by molar-refractivity contribution is 6.30. The van der Waals surface area contributed by atoms with Gasteiger partial charge in [0, 0.05) is 34.9 Å². The van der Waals surface area contributed by atoms with E-state index in [0.29, 0.717) is 33.7 Å². The highest BCUT2D eigenvalue weighted by Gasteiger charge is 2.13. The van der Waals surface area contributed by atoms with Crippen LogP contribution in [0, 0.1) is 5.82 Å². The number of benzene rings is 3. The quantitative estimate of drug-likeness (QED) is 0.320. The minimum Gasteiger partial charge on any atom is -0.308 e. The second kappa shape index (κ2) is 9.32. The number of rotatable bonds is 5. The molecular formula is C25H16ClFN6O2. The molecular weight excluding hydrogens is 471 g/mol. The van der Waals surface area contributed by atoms with Crippen LogP contribution in [0.1, 0.15) is 15.9 Å². The first-order valence-electron chi connectivity index (χ1n) is 10.4. The molecule has 0 spiro atoms. The van der Waals surface area contributed by atoms with Gasteiger partial charge in [-0.25, -0.2) is 19.2 Å². The lowest BCUT2D eigenvalue weighted by Crippen LogP contribution is -2.19. The Kier molecular flexibility index (Phi) is 5.90. The molecule has 0 unspecified atom stereocenters. The Hall–Kier alpha value is -4.63. The van der Waals surface area contributed by atoms with Crippen LogP contribution >= 0.6 is 11.6 Å². The van der Waals surface area contributed by atoms with Gasteiger partial charge in [-0.05, 0) is 48.5 Å². The summed E-state index contributed by atoms with van der Waals surface area (Å²) in [5.74, 6) is -0.308. The van der Waals surface area contributed by atoms with Crippen molar-refractivity contribution < 1.29 is 14.0 Å². The van der Waals surface area contributed by atoms with Crippen molar-refractivity contribution in [2.24, 2.45) is 0 Å². The summed E-state index contributed by atoms with van der Waals surface area (Å²) in [7, 11) is 0. The molecule has 172 valence electrons. The minimum atomic E-state index is -0.644. The Morgan fingerprint density at radius 2 is 1.71 bits per heavy atom. The van der Waals surface area contributed by atoms with Crippen LogP contribution in [0.5, 0.6) is 0 Å². The minimum absolute atomic E-state index is 0.0419. The van der Waals surface area contributed by atoms with Crippen molar-refractivity contribution in [2.45, 2.75) is 0 Å². The van der Waals surface area contributed by atoms with Crippen molar-refractivity contribution in [1.82, 2.24) is 19.5 Å². The van der Waals surface area contributed by atoms with Gasteiger partial charge in [-0.2, -0.15) is 0 Å². The number of hydrogen-bond acceptors (Lipinski definition) is 5. The van der Waals surface area contributed by atoms with Crippen LogP contribution in [0.3, 0.4) is 0 Å². The third-order valence-corrected chi connectivity index (χ3v) is 5.43. The second-order valence-electron chi connectivity index (χ2n) is 7.52. The van der Waals surface area contributed by atoms with Crippen LogP contribution in [0.2, 0.25) is 5.02 Å². The molecule has 0 radical (unpaired) electrons. The van der Waals surface area contributed by atoms with Crippen LogP contribution in [0.15, 0.2) is 85.6 Å². The molecule has 2 N–H and O–H groups in total. The summed E-state index contributed by atoms with van der Waals surface area (Å²) in [6.45, 7) is 0. The van der Waals surface area contributed by atoms with Crippen molar-refractivity contribution in [2.75, 3.05) is 10.6 Å². The van der Waals surface area contributed by atoms with Crippen molar-refractivity contribution in [3.63, 3.8) is 0 Å². The Morgan fingerprint density at radius 3 is 2.49 bits per heavy atom. The molecule has 2 aromatic heterocycles. The lowest BCUT2D eigenvalue weighted by atomic mass is 10.0. The molecule has 0 aliphatic carbocycles. The van der Waals surface area contributed by atoms with E-state index in [9.17, 15) is 14.0 Å². The SMILES string of the molecule is O=C(Nc1cccc(C(=O)c2ccc3ncc(-n4ccnc4)nc3c2)c1)Nc1ccc(Cl)c(F)c1. The number of carbonyl (C=O) groups excluding carboxylic acids is 2. The van der Waals surface area contributed by atoms with Gasteiger partial charge in [-0.15, -0.1) is 0 Å². The van der Waals surface area contributed by atoms with Gasteiger partial charge in [0.2, 0.25) is 0 Å². The van der Waals surface area contributed by atoms with Gasteiger partial charge in [-0.3, -0.25) is 14.3 Å². The van der Waals surface area contributed by atoms with E-state index in [-0.39, 0.29) is 16.5 Å². The lowest BCUT2D eigenvalue weighted by Gasteiger charge is -2.10. The van der Waals surface area contributed by atoms with E-state index in [4.69, 9.17) is 11.6 Å². The predicted molar refractivity (Wildman–Crippen MR) is 131 cm³/mol. The Morgan fingerprint density at radius 1 is 0.914 bits per heavy atom. The third-order valence-electron chi connectivity index (χ3n) is 5.12. The fraction of sp³-hybridized carbons (Fsp3) is 0. The van der Waals surface area contributed by atoms with E-state index in [1.54, 1.807) is 71.9 Å². The number of urea groups is 1. The smallest absolute Gasteiger partial charge is 0.308 e. The fourth-order valence-corrected chi connectivity index (χ4v) is 3.55. The molecule has 0 aliphatic heterocycles. The van der Waals surface area contributed by atoms with E-state index >= 15 is 0 Å². The first-order chi connectivity index (χ1) is 17.0. The standard InChI is InChI=1S/C25H16ClFN6O2/c26-19-6-5-18(12-20(19)27)31-25(35)30-17-3-1-2-15(10-17)24(34)16-4-7-21-22(11-16)32-23(13-29-21)33-9-8-28-14-33/h1-14H,(H2,30,31,35). The molecule has 0 aliphatic rings.